The number of carbonyl (C=O) groups is 1. The summed E-state index contributed by atoms with van der Waals surface area (Å²) in [6.07, 6.45) is 0.748. The summed E-state index contributed by atoms with van der Waals surface area (Å²) in [4.78, 5) is 11.3. The fourth-order valence-electron chi connectivity index (χ4n) is 2.36. The van der Waals surface area contributed by atoms with Gasteiger partial charge in [0.25, 0.3) is 5.91 Å². The number of anilines is 1. The van der Waals surface area contributed by atoms with Gasteiger partial charge in [0.1, 0.15) is 18.0 Å². The van der Waals surface area contributed by atoms with Crippen LogP contribution in [-0.2, 0) is 19.7 Å². The van der Waals surface area contributed by atoms with Crippen molar-refractivity contribution < 1.29 is 27.4 Å². The molecule has 122 valence electrons. The number of phenolic OH excluding ortho intramolecular Hbond substituents is 1. The van der Waals surface area contributed by atoms with Crippen LogP contribution in [-0.4, -0.2) is 39.2 Å². The molecule has 2 aliphatic rings. The molecule has 0 saturated carbocycles. The number of halogens is 1. The number of amides is 1. The van der Waals surface area contributed by atoms with Gasteiger partial charge in [0.2, 0.25) is 0 Å². The molecule has 2 aliphatic heterocycles. The Labute approximate surface area is 132 Å². The van der Waals surface area contributed by atoms with Gasteiger partial charge in [-0.1, -0.05) is 11.8 Å². The highest BCUT2D eigenvalue weighted by Crippen LogP contribution is 2.34. The van der Waals surface area contributed by atoms with Crippen molar-refractivity contribution in [2.45, 2.75) is 6.42 Å². The Bertz CT molecular complexity index is 822. The molecule has 1 atom stereocenters. The lowest BCUT2D eigenvalue weighted by atomic mass is 10.1. The molecular weight excluding hydrogens is 327 g/mol. The average Bonchev–Trinajstić information content (AvgIpc) is 3.06. The molecule has 2 N–H and O–H groups in total. The molecule has 7 nitrogen and oxygen atoms in total. The molecule has 23 heavy (non-hydrogen) atoms. The molecule has 1 unspecified atom stereocenters. The first kappa shape index (κ1) is 15.6. The van der Waals surface area contributed by atoms with E-state index in [0.29, 0.717) is 17.5 Å². The summed E-state index contributed by atoms with van der Waals surface area (Å²) >= 11 is 0. The van der Waals surface area contributed by atoms with Crippen molar-refractivity contribution in [1.82, 2.24) is 4.72 Å². The highest BCUT2D eigenvalue weighted by molar-refractivity contribution is 7.92. The van der Waals surface area contributed by atoms with Crippen LogP contribution in [0, 0.1) is 23.6 Å². The van der Waals surface area contributed by atoms with Gasteiger partial charge >= 0.3 is 10.2 Å². The second-order valence-corrected chi connectivity index (χ2v) is 6.76. The molecule has 2 saturated heterocycles. The summed E-state index contributed by atoms with van der Waals surface area (Å²) in [6, 6.07) is 2.40. The molecule has 0 spiro atoms. The normalized spacial score (nSPS) is 22.6. The van der Waals surface area contributed by atoms with E-state index in [4.69, 9.17) is 4.74 Å². The van der Waals surface area contributed by atoms with Gasteiger partial charge in [0.15, 0.2) is 5.82 Å². The summed E-state index contributed by atoms with van der Waals surface area (Å²) in [7, 11) is -4.22. The number of ether oxygens (including phenoxy) is 1. The van der Waals surface area contributed by atoms with Gasteiger partial charge in [0, 0.05) is 12.5 Å². The average molecular weight is 340 g/mol. The van der Waals surface area contributed by atoms with E-state index in [1.54, 1.807) is 4.72 Å². The van der Waals surface area contributed by atoms with E-state index in [1.165, 1.54) is 6.07 Å². The van der Waals surface area contributed by atoms with Crippen molar-refractivity contribution in [1.29, 1.82) is 0 Å². The zero-order valence-electron chi connectivity index (χ0n) is 11.9. The van der Waals surface area contributed by atoms with Crippen molar-refractivity contribution >= 4 is 21.8 Å². The van der Waals surface area contributed by atoms with Crippen LogP contribution in [0.1, 0.15) is 12.0 Å². The van der Waals surface area contributed by atoms with Crippen molar-refractivity contribution in [2.75, 3.05) is 24.1 Å². The monoisotopic (exact) mass is 340 g/mol. The lowest BCUT2D eigenvalue weighted by molar-refractivity contribution is -0.117. The Balaban J connectivity index is 2.01. The van der Waals surface area contributed by atoms with E-state index in [1.807, 2.05) is 0 Å². The van der Waals surface area contributed by atoms with Crippen LogP contribution in [0.4, 0.5) is 10.1 Å². The van der Waals surface area contributed by atoms with Crippen LogP contribution in [0.2, 0.25) is 0 Å². The fraction of sp³-hybridized carbons (Fsp3) is 0.357. The molecule has 2 fully saturated rings. The highest BCUT2D eigenvalue weighted by atomic mass is 32.2. The molecular formula is C14H13FN2O5S. The maximum Gasteiger partial charge on any atom is 0.326 e. The summed E-state index contributed by atoms with van der Waals surface area (Å²) in [5.74, 6) is 3.11. The van der Waals surface area contributed by atoms with Crippen molar-refractivity contribution in [3.63, 3.8) is 0 Å². The van der Waals surface area contributed by atoms with E-state index >= 15 is 0 Å². The Hall–Kier alpha value is -2.31. The molecule has 0 aromatic heterocycles. The molecule has 2 heterocycles. The quantitative estimate of drug-likeness (QED) is 0.707. The smallest absolute Gasteiger partial charge is 0.326 e. The standard InChI is InChI=1S/C14H13FN2O5S/c15-13-10(2-1-9-5-6-22-8-9)3-4-11(18)14(13)17-7-12(19)16-23(17,20)21/h3-4,9,18H,5-8H2,(H,16,19). The van der Waals surface area contributed by atoms with E-state index in [-0.39, 0.29) is 11.5 Å². The summed E-state index contributed by atoms with van der Waals surface area (Å²) in [5.41, 5.74) is -0.642. The number of benzene rings is 1. The molecule has 1 amide bonds. The molecule has 1 aromatic carbocycles. The van der Waals surface area contributed by atoms with Crippen LogP contribution in [0.15, 0.2) is 12.1 Å². The molecule has 0 radical (unpaired) electrons. The second-order valence-electron chi connectivity index (χ2n) is 5.16. The van der Waals surface area contributed by atoms with Crippen molar-refractivity contribution in [3.05, 3.63) is 23.5 Å². The first-order valence-electron chi connectivity index (χ1n) is 6.82. The van der Waals surface area contributed by atoms with Gasteiger partial charge in [-0.15, -0.1) is 0 Å². The van der Waals surface area contributed by atoms with Gasteiger partial charge in [-0.3, -0.25) is 4.79 Å². The number of hydrogen-bond donors (Lipinski definition) is 2. The zero-order chi connectivity index (χ0) is 16.6. The van der Waals surface area contributed by atoms with Crippen LogP contribution in [0.3, 0.4) is 0 Å². The summed E-state index contributed by atoms with van der Waals surface area (Å²) in [5, 5.41) is 9.82. The third kappa shape index (κ3) is 2.95. The largest absolute Gasteiger partial charge is 0.506 e. The second kappa shape index (κ2) is 5.72. The lowest BCUT2D eigenvalue weighted by Gasteiger charge is -2.17. The molecule has 3 rings (SSSR count). The third-order valence-corrected chi connectivity index (χ3v) is 4.88. The molecule has 9 heteroatoms. The summed E-state index contributed by atoms with van der Waals surface area (Å²) in [6.45, 7) is 0.473. The first-order chi connectivity index (χ1) is 10.9. The first-order valence-corrected chi connectivity index (χ1v) is 8.26. The maximum absolute atomic E-state index is 14.6. The topological polar surface area (TPSA) is 95.9 Å². The minimum absolute atomic E-state index is 0.00887. The fourth-order valence-corrected chi connectivity index (χ4v) is 3.53. The predicted molar refractivity (Wildman–Crippen MR) is 78.3 cm³/mol. The lowest BCUT2D eigenvalue weighted by Crippen LogP contribution is -2.30. The van der Waals surface area contributed by atoms with Crippen molar-refractivity contribution in [2.24, 2.45) is 5.92 Å². The van der Waals surface area contributed by atoms with Gasteiger partial charge in [-0.2, -0.15) is 8.42 Å². The van der Waals surface area contributed by atoms with Crippen LogP contribution < -0.4 is 9.03 Å². The minimum Gasteiger partial charge on any atom is -0.506 e. The van der Waals surface area contributed by atoms with Crippen molar-refractivity contribution in [3.8, 4) is 17.6 Å². The zero-order valence-corrected chi connectivity index (χ0v) is 12.7. The molecule has 1 aromatic rings. The van der Waals surface area contributed by atoms with Gasteiger partial charge < -0.3 is 9.84 Å². The van der Waals surface area contributed by atoms with Gasteiger partial charge in [0.05, 0.1) is 12.2 Å². The minimum atomic E-state index is -4.22. The Morgan fingerprint density at radius 3 is 2.83 bits per heavy atom. The highest BCUT2D eigenvalue weighted by Gasteiger charge is 2.37. The van der Waals surface area contributed by atoms with E-state index in [9.17, 15) is 22.7 Å². The Morgan fingerprint density at radius 1 is 1.43 bits per heavy atom. The number of nitrogens with zero attached hydrogens (tertiary/aromatic N) is 1. The van der Waals surface area contributed by atoms with Crippen LogP contribution in [0.25, 0.3) is 0 Å². The van der Waals surface area contributed by atoms with E-state index in [2.05, 4.69) is 11.8 Å². The number of nitrogens with one attached hydrogen (secondary N) is 1. The molecule has 0 aliphatic carbocycles. The number of rotatable bonds is 1. The van der Waals surface area contributed by atoms with Gasteiger partial charge in [-0.25, -0.2) is 13.4 Å². The predicted octanol–water partition coefficient (Wildman–Crippen LogP) is 0.100. The number of phenols is 1. The van der Waals surface area contributed by atoms with Gasteiger partial charge in [-0.05, 0) is 18.6 Å². The van der Waals surface area contributed by atoms with E-state index < -0.39 is 39.9 Å². The maximum atomic E-state index is 14.6. The van der Waals surface area contributed by atoms with E-state index in [0.717, 1.165) is 12.5 Å². The third-order valence-electron chi connectivity index (χ3n) is 3.51. The SMILES string of the molecule is O=C1CN(c2c(O)ccc(C#CC3CCOC3)c2F)S(=O)(=O)N1. The molecule has 0 bridgehead atoms. The van der Waals surface area contributed by atoms with Crippen LogP contribution >= 0.6 is 0 Å². The number of aromatic hydroxyl groups is 1. The number of hydrogen-bond acceptors (Lipinski definition) is 5. The number of carbonyl (C=O) groups excluding carboxylic acids is 1. The van der Waals surface area contributed by atoms with Crippen LogP contribution in [0.5, 0.6) is 5.75 Å². The Kier molecular flexibility index (Phi) is 3.87. The summed E-state index contributed by atoms with van der Waals surface area (Å²) < 4.78 is 45.6. The Morgan fingerprint density at radius 2 is 2.22 bits per heavy atom.